The molecule has 0 radical (unpaired) electrons. The van der Waals surface area contributed by atoms with Gasteiger partial charge in [-0.1, -0.05) is 39.0 Å². The number of aliphatic hydroxyl groups excluding tert-OH is 3. The van der Waals surface area contributed by atoms with Crippen LogP contribution in [-0.4, -0.2) is 184 Å². The highest BCUT2D eigenvalue weighted by Crippen LogP contribution is 2.38. The van der Waals surface area contributed by atoms with Gasteiger partial charge in [0.15, 0.2) is 17.7 Å². The Balaban J connectivity index is 1.66. The molecular weight excluding hydrogens is 935 g/mol. The van der Waals surface area contributed by atoms with Crippen LogP contribution in [0.25, 0.3) is 0 Å². The summed E-state index contributed by atoms with van der Waals surface area (Å²) >= 11 is 5.62. The third-order valence-corrected chi connectivity index (χ3v) is 14.3. The van der Waals surface area contributed by atoms with E-state index >= 15 is 0 Å². The van der Waals surface area contributed by atoms with Gasteiger partial charge in [0.1, 0.15) is 29.7 Å². The minimum Gasteiger partial charge on any atom is -0.459 e. The van der Waals surface area contributed by atoms with Crippen molar-refractivity contribution in [2.24, 2.45) is 17.8 Å². The van der Waals surface area contributed by atoms with Crippen LogP contribution in [0.4, 0.5) is 5.69 Å². The van der Waals surface area contributed by atoms with Gasteiger partial charge in [-0.25, -0.2) is 4.98 Å². The Morgan fingerprint density at radius 3 is 2.35 bits per heavy atom. The van der Waals surface area contributed by atoms with Crippen LogP contribution >= 0.6 is 12.2 Å². The number of esters is 1. The molecule has 3 heterocycles. The summed E-state index contributed by atoms with van der Waals surface area (Å²) in [6.07, 6.45) is -6.49. The maximum Gasteiger partial charge on any atom is 0.311 e. The SMILES string of the molecule is CC[C@H]1OC(=O)[C@H](C)[C@@H](O[C@@H](CCOC)O[C@@H](C)[C@@H](C)O)[C@H](C)[C@@H](O[C@@H]2O[C@H](C)C[C@H](N(C)C)[C@H]2O)[C@](C)(O)C[C@@H](C)CN(CCCNC(=S)Nc2ccc(Oc3ccccc3)nc2)[C@H](C)[C@@H](O)[C@]1(C)O. The van der Waals surface area contributed by atoms with Crippen LogP contribution < -0.4 is 15.4 Å². The molecule has 0 unspecified atom stereocenters. The van der Waals surface area contributed by atoms with Gasteiger partial charge in [0.2, 0.25) is 5.88 Å². The molecule has 18 nitrogen and oxygen atoms in total. The van der Waals surface area contributed by atoms with Gasteiger partial charge in [-0.15, -0.1) is 0 Å². The topological polar surface area (TPSA) is 226 Å². The van der Waals surface area contributed by atoms with Crippen molar-refractivity contribution in [1.29, 1.82) is 0 Å². The molecule has 2 fully saturated rings. The number of cyclic esters (lactones) is 1. The number of anilines is 1. The largest absolute Gasteiger partial charge is 0.459 e. The number of thiocarbonyl (C=S) groups is 1. The van der Waals surface area contributed by atoms with Crippen LogP contribution in [0.2, 0.25) is 0 Å². The van der Waals surface area contributed by atoms with E-state index in [1.807, 2.05) is 83.1 Å². The third kappa shape index (κ3) is 17.5. The van der Waals surface area contributed by atoms with Crippen molar-refractivity contribution in [2.75, 3.05) is 52.8 Å². The van der Waals surface area contributed by atoms with Crippen molar-refractivity contribution >= 4 is 29.0 Å². The fourth-order valence-electron chi connectivity index (χ4n) is 9.82. The van der Waals surface area contributed by atoms with E-state index in [-0.39, 0.29) is 43.9 Å². The summed E-state index contributed by atoms with van der Waals surface area (Å²) in [5.74, 6) is -1.74. The number of aliphatic hydroxyl groups is 5. The zero-order valence-electron chi connectivity index (χ0n) is 44.4. The molecule has 7 N–H and O–H groups in total. The quantitative estimate of drug-likeness (QED) is 0.0421. The van der Waals surface area contributed by atoms with Gasteiger partial charge in [0.05, 0.1) is 60.5 Å². The van der Waals surface area contributed by atoms with Gasteiger partial charge in [-0.05, 0) is 125 Å². The standard InChI is InChI=1S/C52H87N5O13S/c1-14-41-52(10,63)46(60)35(6)57(25-18-24-53-50(71)55-38-21-22-42(54-29-38)67-39-19-16-15-17-20-39)30-31(2)28-51(9,62)47(70-49-44(59)40(56(11)12)27-32(3)65-49)33(4)45(34(5)48(61)68-41)69-43(23-26-64-13)66-37(8)36(7)58/h15-17,19-22,29,31-37,40-41,43-47,49,58-60,62-63H,14,18,23-28,30H2,1-13H3,(H2,53,55,71)/t31-,32-,33+,34-,35-,36-,37+,40+,41-,43+,44-,45+,46-,47-,49+,51-,52-/m1/s1. The second-order valence-electron chi connectivity index (χ2n) is 20.6. The predicted molar refractivity (Wildman–Crippen MR) is 275 cm³/mol. The van der Waals surface area contributed by atoms with E-state index in [2.05, 4.69) is 20.5 Å². The number of pyridine rings is 1. The molecule has 0 bridgehead atoms. The van der Waals surface area contributed by atoms with Crippen LogP contribution in [0.15, 0.2) is 48.7 Å². The number of aromatic nitrogens is 1. The number of likely N-dealkylation sites (N-methyl/N-ethyl adjacent to an activating group) is 1. The molecule has 0 aliphatic carbocycles. The minimum atomic E-state index is -1.91. The number of rotatable bonds is 19. The lowest BCUT2D eigenvalue weighted by Gasteiger charge is -2.47. The first-order chi connectivity index (χ1) is 33.4. The van der Waals surface area contributed by atoms with Crippen molar-refractivity contribution in [2.45, 2.75) is 186 Å². The van der Waals surface area contributed by atoms with Gasteiger partial charge in [0, 0.05) is 57.2 Å². The average molecular weight is 1020 g/mol. The van der Waals surface area contributed by atoms with E-state index in [9.17, 15) is 30.3 Å². The van der Waals surface area contributed by atoms with Gasteiger partial charge in [-0.3, -0.25) is 9.69 Å². The number of hydrogen-bond acceptors (Lipinski definition) is 17. The van der Waals surface area contributed by atoms with E-state index in [1.54, 1.807) is 54.0 Å². The fraction of sp³-hybridized carbons (Fsp3) is 0.750. The highest BCUT2D eigenvalue weighted by Gasteiger charge is 2.51. The maximum atomic E-state index is 14.6. The number of hydrogen-bond donors (Lipinski definition) is 7. The normalized spacial score (nSPS) is 34.0. The highest BCUT2D eigenvalue weighted by atomic mass is 32.1. The van der Waals surface area contributed by atoms with Crippen molar-refractivity contribution in [1.82, 2.24) is 20.1 Å². The summed E-state index contributed by atoms with van der Waals surface area (Å²) in [7, 11) is 5.31. The number of carbonyl (C=O) groups excluding carboxylic acids is 1. The number of benzene rings is 1. The Morgan fingerprint density at radius 2 is 1.75 bits per heavy atom. The van der Waals surface area contributed by atoms with Crippen molar-refractivity contribution in [3.63, 3.8) is 0 Å². The summed E-state index contributed by atoms with van der Waals surface area (Å²) in [4.78, 5) is 22.9. The molecule has 0 spiro atoms. The van der Waals surface area contributed by atoms with Crippen molar-refractivity contribution < 1.29 is 63.5 Å². The molecule has 0 saturated carbocycles. The van der Waals surface area contributed by atoms with Crippen molar-refractivity contribution in [3.05, 3.63) is 48.7 Å². The fourth-order valence-corrected chi connectivity index (χ4v) is 10.0. The van der Waals surface area contributed by atoms with Crippen LogP contribution in [0.5, 0.6) is 11.6 Å². The Labute approximate surface area is 428 Å². The Bertz CT molecular complexity index is 1880. The number of para-hydroxylation sites is 1. The second kappa shape index (κ2) is 27.9. The molecule has 17 atom stereocenters. The molecule has 0 amide bonds. The molecule has 71 heavy (non-hydrogen) atoms. The van der Waals surface area contributed by atoms with Crippen LogP contribution in [0, 0.1) is 17.8 Å². The molecular formula is C52H87N5O13S. The number of carbonyl (C=O) groups is 1. The maximum absolute atomic E-state index is 14.6. The molecule has 404 valence electrons. The van der Waals surface area contributed by atoms with E-state index in [1.165, 1.54) is 6.92 Å². The zero-order chi connectivity index (χ0) is 52.8. The summed E-state index contributed by atoms with van der Waals surface area (Å²) in [6, 6.07) is 12.0. The van der Waals surface area contributed by atoms with E-state index in [0.717, 1.165) is 0 Å². The molecule has 2 aliphatic heterocycles. The van der Waals surface area contributed by atoms with E-state index < -0.39 is 90.4 Å². The lowest BCUT2D eigenvalue weighted by atomic mass is 9.77. The average Bonchev–Trinajstić information content (AvgIpc) is 3.31. The molecule has 19 heteroatoms. The van der Waals surface area contributed by atoms with Crippen LogP contribution in [-0.2, 0) is 33.2 Å². The first kappa shape index (κ1) is 60.4. The molecule has 1 aromatic heterocycles. The van der Waals surface area contributed by atoms with Gasteiger partial charge in [-0.2, -0.15) is 0 Å². The number of methoxy groups -OCH3 is 1. The number of ether oxygens (including phenoxy) is 7. The Hall–Kier alpha value is -3.15. The monoisotopic (exact) mass is 1020 g/mol. The first-order valence-electron chi connectivity index (χ1n) is 25.3. The lowest BCUT2D eigenvalue weighted by Crippen LogP contribution is -2.59. The zero-order valence-corrected chi connectivity index (χ0v) is 45.2. The molecule has 2 aromatic rings. The summed E-state index contributed by atoms with van der Waals surface area (Å²) < 4.78 is 43.6. The van der Waals surface area contributed by atoms with Gasteiger partial charge in [0.25, 0.3) is 0 Å². The highest BCUT2D eigenvalue weighted by molar-refractivity contribution is 7.80. The third-order valence-electron chi connectivity index (χ3n) is 14.0. The summed E-state index contributed by atoms with van der Waals surface area (Å²) in [6.45, 7) is 18.9. The second-order valence-corrected chi connectivity index (χ2v) is 21.0. The molecule has 4 rings (SSSR count). The lowest BCUT2D eigenvalue weighted by molar-refractivity contribution is -0.306. The summed E-state index contributed by atoms with van der Waals surface area (Å²) in [5.41, 5.74) is -2.89. The molecule has 1 aromatic carbocycles. The number of nitrogens with zero attached hydrogens (tertiary/aromatic N) is 3. The van der Waals surface area contributed by atoms with E-state index in [4.69, 9.17) is 45.4 Å². The first-order valence-corrected chi connectivity index (χ1v) is 25.7. The minimum absolute atomic E-state index is 0.161. The molecule has 2 aliphatic rings. The van der Waals surface area contributed by atoms with Crippen molar-refractivity contribution in [3.8, 4) is 11.6 Å². The number of nitrogens with one attached hydrogen (secondary N) is 2. The summed E-state index contributed by atoms with van der Waals surface area (Å²) in [5, 5.41) is 66.3. The smallest absolute Gasteiger partial charge is 0.311 e. The Kier molecular flexibility index (Phi) is 23.8. The van der Waals surface area contributed by atoms with Gasteiger partial charge >= 0.3 is 5.97 Å². The van der Waals surface area contributed by atoms with E-state index in [0.29, 0.717) is 54.9 Å². The Morgan fingerprint density at radius 1 is 1.06 bits per heavy atom. The predicted octanol–water partition coefficient (Wildman–Crippen LogP) is 5.08. The van der Waals surface area contributed by atoms with Crippen LogP contribution in [0.3, 0.4) is 0 Å². The van der Waals surface area contributed by atoms with Crippen LogP contribution in [0.1, 0.15) is 101 Å². The molecule has 2 saturated heterocycles. The van der Waals surface area contributed by atoms with Gasteiger partial charge < -0.3 is 74.2 Å².